The Kier molecular flexibility index (Phi) is 5.16. The van der Waals surface area contributed by atoms with Gasteiger partial charge in [0.05, 0.1) is 6.04 Å². The summed E-state index contributed by atoms with van der Waals surface area (Å²) < 4.78 is 5.86. The van der Waals surface area contributed by atoms with E-state index in [0.717, 1.165) is 36.9 Å². The summed E-state index contributed by atoms with van der Waals surface area (Å²) >= 11 is 0. The molecule has 8 heteroatoms. The van der Waals surface area contributed by atoms with Crippen molar-refractivity contribution in [2.45, 2.75) is 49.8 Å². The van der Waals surface area contributed by atoms with Gasteiger partial charge in [0, 0.05) is 49.3 Å². The fourth-order valence-electron chi connectivity index (χ4n) is 4.62. The molecule has 2 aliphatic heterocycles. The lowest BCUT2D eigenvalue weighted by Gasteiger charge is -2.43. The molecule has 5 rings (SSSR count). The number of hydrogen-bond donors (Lipinski definition) is 0. The summed E-state index contributed by atoms with van der Waals surface area (Å²) in [5.74, 6) is 0.254. The molecule has 0 N–H and O–H groups in total. The summed E-state index contributed by atoms with van der Waals surface area (Å²) in [5.41, 5.74) is 1.89. The Balaban J connectivity index is 1.34. The molecule has 30 heavy (non-hydrogen) atoms. The van der Waals surface area contributed by atoms with Crippen LogP contribution in [-0.4, -0.2) is 68.4 Å². The third kappa shape index (κ3) is 3.67. The van der Waals surface area contributed by atoms with Crippen molar-refractivity contribution in [3.63, 3.8) is 0 Å². The molecule has 8 nitrogen and oxygen atoms in total. The summed E-state index contributed by atoms with van der Waals surface area (Å²) in [6, 6.07) is 5.50. The molecule has 0 unspecified atom stereocenters. The van der Waals surface area contributed by atoms with Crippen molar-refractivity contribution in [1.82, 2.24) is 24.8 Å². The number of carbonyl (C=O) groups excluding carboxylic acids is 2. The number of piperidine rings is 1. The monoisotopic (exact) mass is 407 g/mol. The Labute approximate surface area is 175 Å². The van der Waals surface area contributed by atoms with Crippen LogP contribution in [0.5, 0.6) is 0 Å². The first kappa shape index (κ1) is 19.1. The zero-order chi connectivity index (χ0) is 20.5. The van der Waals surface area contributed by atoms with Crippen LogP contribution in [-0.2, 0) is 14.3 Å². The largest absolute Gasteiger partial charge is 0.356 e. The lowest BCUT2D eigenvalue weighted by molar-refractivity contribution is -0.170. The third-order valence-corrected chi connectivity index (χ3v) is 6.30. The van der Waals surface area contributed by atoms with Crippen LogP contribution in [0, 0.1) is 0 Å². The first-order valence-electron chi connectivity index (χ1n) is 10.6. The van der Waals surface area contributed by atoms with E-state index in [0.29, 0.717) is 19.0 Å². The van der Waals surface area contributed by atoms with Crippen molar-refractivity contribution in [3.8, 4) is 0 Å². The molecule has 3 fully saturated rings. The topological polar surface area (TPSA) is 88.5 Å². The van der Waals surface area contributed by atoms with Crippen molar-refractivity contribution in [1.29, 1.82) is 0 Å². The molecule has 0 spiro atoms. The second-order valence-electron chi connectivity index (χ2n) is 8.23. The highest BCUT2D eigenvalue weighted by atomic mass is 16.5. The lowest BCUT2D eigenvalue weighted by Crippen LogP contribution is -2.56. The Morgan fingerprint density at radius 3 is 2.57 bits per heavy atom. The molecule has 2 atom stereocenters. The van der Waals surface area contributed by atoms with Crippen molar-refractivity contribution < 1.29 is 14.3 Å². The minimum absolute atomic E-state index is 0.0388. The molecule has 2 amide bonds. The van der Waals surface area contributed by atoms with Gasteiger partial charge in [0.2, 0.25) is 5.91 Å². The number of rotatable bonds is 4. The molecule has 0 aromatic carbocycles. The second-order valence-corrected chi connectivity index (χ2v) is 8.23. The van der Waals surface area contributed by atoms with E-state index in [-0.39, 0.29) is 24.5 Å². The average molecular weight is 407 g/mol. The minimum Gasteiger partial charge on any atom is -0.356 e. The number of carbonyl (C=O) groups is 2. The standard InChI is InChI=1S/C22H25N5O3/c28-19-13-30-21(20(27(19)17-3-4-17)16-2-1-8-23-12-16)22(29)26-10-6-15(7-11-26)18-5-9-24-14-25-18/h1-2,5,8-9,12,14-15,17,20-21H,3-4,6-7,10-11,13H2/t20-,21+/m1/s1. The molecule has 2 aromatic rings. The highest BCUT2D eigenvalue weighted by Crippen LogP contribution is 2.40. The van der Waals surface area contributed by atoms with E-state index in [2.05, 4.69) is 15.0 Å². The average Bonchev–Trinajstić information content (AvgIpc) is 3.65. The number of morpholine rings is 1. The SMILES string of the molecule is O=C([C@H]1OCC(=O)N(C2CC2)[C@@H]1c1cccnc1)N1CCC(c2ccncn2)CC1. The van der Waals surface area contributed by atoms with Gasteiger partial charge in [0.25, 0.3) is 5.91 Å². The fraction of sp³-hybridized carbons (Fsp3) is 0.500. The number of nitrogens with zero attached hydrogens (tertiary/aromatic N) is 5. The van der Waals surface area contributed by atoms with Gasteiger partial charge in [0.1, 0.15) is 12.9 Å². The second kappa shape index (κ2) is 8.10. The van der Waals surface area contributed by atoms with Crippen LogP contribution in [0.2, 0.25) is 0 Å². The maximum atomic E-state index is 13.5. The molecule has 0 bridgehead atoms. The van der Waals surface area contributed by atoms with Gasteiger partial charge in [-0.15, -0.1) is 0 Å². The summed E-state index contributed by atoms with van der Waals surface area (Å²) in [4.78, 5) is 42.5. The molecule has 1 saturated carbocycles. The maximum absolute atomic E-state index is 13.5. The molecule has 2 saturated heterocycles. The lowest BCUT2D eigenvalue weighted by atomic mass is 9.92. The zero-order valence-corrected chi connectivity index (χ0v) is 16.8. The van der Waals surface area contributed by atoms with Gasteiger partial charge in [-0.05, 0) is 43.4 Å². The first-order valence-corrected chi connectivity index (χ1v) is 10.6. The van der Waals surface area contributed by atoms with Crippen LogP contribution in [0.15, 0.2) is 43.1 Å². The van der Waals surface area contributed by atoms with Crippen LogP contribution >= 0.6 is 0 Å². The molecule has 0 radical (unpaired) electrons. The predicted molar refractivity (Wildman–Crippen MR) is 107 cm³/mol. The Bertz CT molecular complexity index is 898. The highest BCUT2D eigenvalue weighted by molar-refractivity contribution is 5.87. The molecule has 3 aliphatic rings. The molecular weight excluding hydrogens is 382 g/mol. The number of likely N-dealkylation sites (tertiary alicyclic amines) is 1. The maximum Gasteiger partial charge on any atom is 0.254 e. The molecular formula is C22H25N5O3. The number of ether oxygens (including phenoxy) is 1. The van der Waals surface area contributed by atoms with Gasteiger partial charge < -0.3 is 14.5 Å². The van der Waals surface area contributed by atoms with Crippen LogP contribution in [0.25, 0.3) is 0 Å². The van der Waals surface area contributed by atoms with Crippen molar-refractivity contribution in [2.24, 2.45) is 0 Å². The van der Waals surface area contributed by atoms with E-state index in [1.807, 2.05) is 28.0 Å². The fourth-order valence-corrected chi connectivity index (χ4v) is 4.62. The first-order chi connectivity index (χ1) is 14.7. The number of hydrogen-bond acceptors (Lipinski definition) is 6. The number of aromatic nitrogens is 3. The predicted octanol–water partition coefficient (Wildman–Crippen LogP) is 1.71. The van der Waals surface area contributed by atoms with Crippen LogP contribution in [0.3, 0.4) is 0 Å². The highest BCUT2D eigenvalue weighted by Gasteiger charge is 2.48. The Morgan fingerprint density at radius 2 is 1.90 bits per heavy atom. The smallest absolute Gasteiger partial charge is 0.254 e. The molecule has 1 aliphatic carbocycles. The van der Waals surface area contributed by atoms with Crippen LogP contribution in [0.4, 0.5) is 0 Å². The van der Waals surface area contributed by atoms with Crippen molar-refractivity contribution >= 4 is 11.8 Å². The van der Waals surface area contributed by atoms with E-state index in [9.17, 15) is 9.59 Å². The van der Waals surface area contributed by atoms with Gasteiger partial charge in [-0.2, -0.15) is 0 Å². The zero-order valence-electron chi connectivity index (χ0n) is 16.8. The summed E-state index contributed by atoms with van der Waals surface area (Å²) in [6.07, 6.45) is 9.76. The quantitative estimate of drug-likeness (QED) is 0.767. The van der Waals surface area contributed by atoms with E-state index in [1.54, 1.807) is 24.9 Å². The third-order valence-electron chi connectivity index (χ3n) is 6.30. The Morgan fingerprint density at radius 1 is 1.07 bits per heavy atom. The summed E-state index contributed by atoms with van der Waals surface area (Å²) in [6.45, 7) is 1.27. The Hall–Kier alpha value is -2.87. The van der Waals surface area contributed by atoms with E-state index in [4.69, 9.17) is 4.74 Å². The van der Waals surface area contributed by atoms with Crippen LogP contribution < -0.4 is 0 Å². The normalized spacial score (nSPS) is 25.4. The van der Waals surface area contributed by atoms with Crippen molar-refractivity contribution in [2.75, 3.05) is 19.7 Å². The summed E-state index contributed by atoms with van der Waals surface area (Å²) in [7, 11) is 0. The number of pyridine rings is 1. The van der Waals surface area contributed by atoms with Gasteiger partial charge in [-0.1, -0.05) is 6.07 Å². The molecule has 4 heterocycles. The van der Waals surface area contributed by atoms with Gasteiger partial charge in [-0.25, -0.2) is 9.97 Å². The van der Waals surface area contributed by atoms with Gasteiger partial charge in [0.15, 0.2) is 6.10 Å². The van der Waals surface area contributed by atoms with Gasteiger partial charge in [-0.3, -0.25) is 14.6 Å². The van der Waals surface area contributed by atoms with Crippen molar-refractivity contribution in [3.05, 3.63) is 54.4 Å². The van der Waals surface area contributed by atoms with E-state index in [1.165, 1.54) is 0 Å². The van der Waals surface area contributed by atoms with E-state index >= 15 is 0 Å². The molecule has 2 aromatic heterocycles. The van der Waals surface area contributed by atoms with Crippen LogP contribution in [0.1, 0.15) is 48.9 Å². The van der Waals surface area contributed by atoms with Gasteiger partial charge >= 0.3 is 0 Å². The van der Waals surface area contributed by atoms with E-state index < -0.39 is 12.1 Å². The molecule has 156 valence electrons. The number of amides is 2. The minimum atomic E-state index is -0.692. The summed E-state index contributed by atoms with van der Waals surface area (Å²) in [5, 5.41) is 0.